The lowest BCUT2D eigenvalue weighted by molar-refractivity contribution is -0.111. The third kappa shape index (κ3) is 4.12. The van der Waals surface area contributed by atoms with Crippen molar-refractivity contribution in [1.29, 1.82) is 5.26 Å². The zero-order valence-corrected chi connectivity index (χ0v) is 7.83. The fourth-order valence-electron chi connectivity index (χ4n) is 0.784. The number of hydrogen-bond donors (Lipinski definition) is 0. The van der Waals surface area contributed by atoms with Gasteiger partial charge in [0.05, 0.1) is 6.07 Å². The molecular formula is C9H15NO2. The van der Waals surface area contributed by atoms with Gasteiger partial charge in [-0.2, -0.15) is 5.26 Å². The number of ether oxygens (including phenoxy) is 2. The zero-order chi connectivity index (χ0) is 9.40. The van der Waals surface area contributed by atoms with Gasteiger partial charge in [-0.1, -0.05) is 0 Å². The lowest BCUT2D eigenvalue weighted by Gasteiger charge is -2.16. The minimum Gasteiger partial charge on any atom is -0.349 e. The van der Waals surface area contributed by atoms with Crippen LogP contribution in [0.4, 0.5) is 0 Å². The van der Waals surface area contributed by atoms with E-state index in [4.69, 9.17) is 14.7 Å². The van der Waals surface area contributed by atoms with E-state index in [9.17, 15) is 0 Å². The highest BCUT2D eigenvalue weighted by molar-refractivity contribution is 5.13. The molecule has 0 spiro atoms. The van der Waals surface area contributed by atoms with Crippen LogP contribution in [0, 0.1) is 11.3 Å². The number of nitrogens with zero attached hydrogens (tertiary/aromatic N) is 1. The molecule has 0 atom stereocenters. The first-order valence-electron chi connectivity index (χ1n) is 4.05. The molecule has 12 heavy (non-hydrogen) atoms. The number of nitriles is 1. The maximum atomic E-state index is 8.38. The molecule has 0 aromatic rings. The van der Waals surface area contributed by atoms with E-state index in [1.807, 2.05) is 26.8 Å². The van der Waals surface area contributed by atoms with Crippen molar-refractivity contribution in [3.63, 3.8) is 0 Å². The Morgan fingerprint density at radius 2 is 1.92 bits per heavy atom. The third-order valence-electron chi connectivity index (χ3n) is 1.30. The monoisotopic (exact) mass is 169 g/mol. The minimum absolute atomic E-state index is 0.361. The molecule has 0 radical (unpaired) electrons. The highest BCUT2D eigenvalue weighted by Gasteiger charge is 2.08. The highest BCUT2D eigenvalue weighted by atomic mass is 16.7. The molecule has 0 aromatic carbocycles. The van der Waals surface area contributed by atoms with Crippen LogP contribution >= 0.6 is 0 Å². The van der Waals surface area contributed by atoms with Crippen LogP contribution in [0.3, 0.4) is 0 Å². The quantitative estimate of drug-likeness (QED) is 0.466. The first-order valence-corrected chi connectivity index (χ1v) is 4.05. The van der Waals surface area contributed by atoms with Crippen molar-refractivity contribution < 1.29 is 9.47 Å². The van der Waals surface area contributed by atoms with Crippen molar-refractivity contribution in [3.05, 3.63) is 11.6 Å². The van der Waals surface area contributed by atoms with Crippen molar-refractivity contribution in [2.24, 2.45) is 0 Å². The van der Waals surface area contributed by atoms with Crippen LogP contribution in [-0.4, -0.2) is 19.5 Å². The van der Waals surface area contributed by atoms with Gasteiger partial charge >= 0.3 is 0 Å². The molecule has 0 unspecified atom stereocenters. The van der Waals surface area contributed by atoms with Crippen molar-refractivity contribution in [1.82, 2.24) is 0 Å². The van der Waals surface area contributed by atoms with Gasteiger partial charge in [0.1, 0.15) is 0 Å². The SMILES string of the molecule is CCOC(OCC)C(C)=CC#N. The van der Waals surface area contributed by atoms with Crippen molar-refractivity contribution in [2.75, 3.05) is 13.2 Å². The zero-order valence-electron chi connectivity index (χ0n) is 7.83. The maximum Gasteiger partial charge on any atom is 0.180 e. The summed E-state index contributed by atoms with van der Waals surface area (Å²) in [4.78, 5) is 0. The van der Waals surface area contributed by atoms with Gasteiger partial charge in [-0.05, 0) is 26.3 Å². The lowest BCUT2D eigenvalue weighted by Crippen LogP contribution is -2.18. The minimum atomic E-state index is -0.361. The number of hydrogen-bond acceptors (Lipinski definition) is 3. The third-order valence-corrected chi connectivity index (χ3v) is 1.30. The van der Waals surface area contributed by atoms with Gasteiger partial charge in [-0.15, -0.1) is 0 Å². The first-order chi connectivity index (χ1) is 5.76. The summed E-state index contributed by atoms with van der Waals surface area (Å²) in [5.74, 6) is 0. The Labute approximate surface area is 73.6 Å². The standard InChI is InChI=1S/C9H15NO2/c1-4-11-9(12-5-2)8(3)6-7-10/h6,9H,4-5H2,1-3H3. The molecule has 0 heterocycles. The maximum absolute atomic E-state index is 8.38. The van der Waals surface area contributed by atoms with Crippen molar-refractivity contribution >= 4 is 0 Å². The van der Waals surface area contributed by atoms with Gasteiger partial charge < -0.3 is 9.47 Å². The second-order valence-electron chi connectivity index (χ2n) is 2.26. The summed E-state index contributed by atoms with van der Waals surface area (Å²) in [6.07, 6.45) is 1.08. The lowest BCUT2D eigenvalue weighted by atomic mass is 10.3. The van der Waals surface area contributed by atoms with Crippen LogP contribution in [0.5, 0.6) is 0 Å². The fourth-order valence-corrected chi connectivity index (χ4v) is 0.784. The van der Waals surface area contributed by atoms with Gasteiger partial charge in [-0.25, -0.2) is 0 Å². The average molecular weight is 169 g/mol. The number of allylic oxidation sites excluding steroid dienone is 1. The van der Waals surface area contributed by atoms with Crippen LogP contribution in [0.1, 0.15) is 20.8 Å². The Hall–Kier alpha value is -0.850. The Kier molecular flexibility index (Phi) is 6.35. The molecule has 3 heteroatoms. The average Bonchev–Trinajstić information content (AvgIpc) is 2.04. The van der Waals surface area contributed by atoms with E-state index in [1.54, 1.807) is 0 Å². The van der Waals surface area contributed by atoms with Crippen molar-refractivity contribution in [2.45, 2.75) is 27.1 Å². The van der Waals surface area contributed by atoms with Gasteiger partial charge in [-0.3, -0.25) is 0 Å². The number of rotatable bonds is 5. The predicted octanol–water partition coefficient (Wildman–Crippen LogP) is 1.86. The molecule has 0 aliphatic carbocycles. The van der Waals surface area contributed by atoms with E-state index in [0.29, 0.717) is 13.2 Å². The van der Waals surface area contributed by atoms with Crippen LogP contribution in [0.2, 0.25) is 0 Å². The van der Waals surface area contributed by atoms with Gasteiger partial charge in [0, 0.05) is 19.3 Å². The summed E-state index contributed by atoms with van der Waals surface area (Å²) in [5.41, 5.74) is 0.807. The van der Waals surface area contributed by atoms with Crippen LogP contribution in [-0.2, 0) is 9.47 Å². The molecule has 0 amide bonds. The molecule has 68 valence electrons. The summed E-state index contributed by atoms with van der Waals surface area (Å²) < 4.78 is 10.5. The Morgan fingerprint density at radius 3 is 2.25 bits per heavy atom. The second kappa shape index (κ2) is 6.84. The molecule has 0 aromatic heterocycles. The predicted molar refractivity (Wildman–Crippen MR) is 46.4 cm³/mol. The van der Waals surface area contributed by atoms with Crippen molar-refractivity contribution in [3.8, 4) is 6.07 Å². The topological polar surface area (TPSA) is 42.2 Å². The molecule has 0 saturated heterocycles. The van der Waals surface area contributed by atoms with Gasteiger partial charge in [0.25, 0.3) is 0 Å². The summed E-state index contributed by atoms with van der Waals surface area (Å²) in [6, 6.07) is 1.94. The Bertz CT molecular complexity index is 175. The molecular weight excluding hydrogens is 154 g/mol. The van der Waals surface area contributed by atoms with E-state index >= 15 is 0 Å². The highest BCUT2D eigenvalue weighted by Crippen LogP contribution is 2.07. The molecule has 0 aliphatic heterocycles. The molecule has 3 nitrogen and oxygen atoms in total. The van der Waals surface area contributed by atoms with Crippen LogP contribution in [0.15, 0.2) is 11.6 Å². The van der Waals surface area contributed by atoms with Gasteiger partial charge in [0.15, 0.2) is 6.29 Å². The fraction of sp³-hybridized carbons (Fsp3) is 0.667. The molecule has 0 bridgehead atoms. The van der Waals surface area contributed by atoms with E-state index in [1.165, 1.54) is 6.08 Å². The van der Waals surface area contributed by atoms with E-state index in [-0.39, 0.29) is 6.29 Å². The molecule has 0 saturated carbocycles. The Balaban J connectivity index is 4.10. The largest absolute Gasteiger partial charge is 0.349 e. The summed E-state index contributed by atoms with van der Waals surface area (Å²) >= 11 is 0. The molecule has 0 fully saturated rings. The summed E-state index contributed by atoms with van der Waals surface area (Å²) in [5, 5.41) is 8.38. The van der Waals surface area contributed by atoms with E-state index in [0.717, 1.165) is 5.57 Å². The first kappa shape index (κ1) is 11.2. The molecule has 0 aliphatic rings. The van der Waals surface area contributed by atoms with Crippen LogP contribution < -0.4 is 0 Å². The second-order valence-corrected chi connectivity index (χ2v) is 2.26. The van der Waals surface area contributed by atoms with E-state index in [2.05, 4.69) is 0 Å². The summed E-state index contributed by atoms with van der Waals surface area (Å²) in [6.45, 7) is 6.78. The van der Waals surface area contributed by atoms with Crippen LogP contribution in [0.25, 0.3) is 0 Å². The normalized spacial score (nSPS) is 11.8. The Morgan fingerprint density at radius 1 is 1.42 bits per heavy atom. The molecule has 0 rings (SSSR count). The summed E-state index contributed by atoms with van der Waals surface area (Å²) in [7, 11) is 0. The smallest absolute Gasteiger partial charge is 0.180 e. The van der Waals surface area contributed by atoms with Gasteiger partial charge in [0.2, 0.25) is 0 Å². The van der Waals surface area contributed by atoms with E-state index < -0.39 is 0 Å². The molecule has 0 N–H and O–H groups in total.